The van der Waals surface area contributed by atoms with Crippen LogP contribution < -0.4 is 20.7 Å². The standard InChI is InChI=1S/C28H29FN8O/c1-3-37-16-19(14-33-37)21-15-32-26(12-23(21)36-11-5-6-20(31)17-36)34-25-10-9-18(13-30)28(35-25)27-22(29)7-4-8-24(27)38-2/h4,7-10,12,14-16,20H,3,5-6,11,17,31H2,1-2H3,(H,32,34,35)/t20-/m0/s1. The predicted molar refractivity (Wildman–Crippen MR) is 145 cm³/mol. The van der Waals surface area contributed by atoms with Crippen LogP contribution in [0.15, 0.2) is 55.0 Å². The lowest BCUT2D eigenvalue weighted by atomic mass is 10.0. The van der Waals surface area contributed by atoms with E-state index in [1.165, 1.54) is 13.2 Å². The Morgan fingerprint density at radius 3 is 2.84 bits per heavy atom. The van der Waals surface area contributed by atoms with Crippen molar-refractivity contribution >= 4 is 17.3 Å². The lowest BCUT2D eigenvalue weighted by Crippen LogP contribution is -2.43. The Morgan fingerprint density at radius 1 is 1.24 bits per heavy atom. The Morgan fingerprint density at radius 2 is 2.11 bits per heavy atom. The fourth-order valence-electron chi connectivity index (χ4n) is 4.75. The van der Waals surface area contributed by atoms with E-state index in [-0.39, 0.29) is 22.9 Å². The molecular weight excluding hydrogens is 483 g/mol. The van der Waals surface area contributed by atoms with Crippen LogP contribution in [0, 0.1) is 17.1 Å². The van der Waals surface area contributed by atoms with Gasteiger partial charge in [-0.05, 0) is 44.0 Å². The van der Waals surface area contributed by atoms with E-state index in [2.05, 4.69) is 31.4 Å². The van der Waals surface area contributed by atoms with Gasteiger partial charge in [-0.1, -0.05) is 6.07 Å². The van der Waals surface area contributed by atoms with E-state index >= 15 is 0 Å². The van der Waals surface area contributed by atoms with Crippen LogP contribution in [0.3, 0.4) is 0 Å². The Labute approximate surface area is 220 Å². The third-order valence-corrected chi connectivity index (χ3v) is 6.65. The maximum absolute atomic E-state index is 14.8. The maximum Gasteiger partial charge on any atom is 0.136 e. The molecule has 0 bridgehead atoms. The Hall–Kier alpha value is -4.49. The third-order valence-electron chi connectivity index (χ3n) is 6.65. The molecule has 1 fully saturated rings. The number of aromatic nitrogens is 4. The molecule has 0 unspecified atom stereocenters. The second-order valence-corrected chi connectivity index (χ2v) is 9.17. The summed E-state index contributed by atoms with van der Waals surface area (Å²) in [6.07, 6.45) is 7.67. The number of methoxy groups -OCH3 is 1. The minimum absolute atomic E-state index is 0.0954. The summed E-state index contributed by atoms with van der Waals surface area (Å²) in [5, 5.41) is 17.3. The zero-order chi connectivity index (χ0) is 26.6. The molecule has 9 nitrogen and oxygen atoms in total. The quantitative estimate of drug-likeness (QED) is 0.365. The maximum atomic E-state index is 14.8. The number of rotatable bonds is 7. The largest absolute Gasteiger partial charge is 0.496 e. The normalized spacial score (nSPS) is 15.2. The van der Waals surface area contributed by atoms with Gasteiger partial charge in [-0.15, -0.1) is 0 Å². The van der Waals surface area contributed by atoms with Gasteiger partial charge in [0.05, 0.1) is 30.1 Å². The predicted octanol–water partition coefficient (Wildman–Crippen LogP) is 4.72. The van der Waals surface area contributed by atoms with Crippen LogP contribution in [0.1, 0.15) is 25.3 Å². The summed E-state index contributed by atoms with van der Waals surface area (Å²) in [4.78, 5) is 11.5. The minimum atomic E-state index is -0.524. The van der Waals surface area contributed by atoms with Crippen molar-refractivity contribution in [3.05, 3.63) is 66.4 Å². The van der Waals surface area contributed by atoms with Crippen LogP contribution >= 0.6 is 0 Å². The number of nitrogens with zero attached hydrogens (tertiary/aromatic N) is 6. The fraction of sp³-hybridized carbons (Fsp3) is 0.286. The van der Waals surface area contributed by atoms with Crippen molar-refractivity contribution < 1.29 is 9.13 Å². The summed E-state index contributed by atoms with van der Waals surface area (Å²) < 4.78 is 22.1. The Bertz CT molecular complexity index is 1490. The highest BCUT2D eigenvalue weighted by atomic mass is 19.1. The molecule has 10 heteroatoms. The van der Waals surface area contributed by atoms with Crippen molar-refractivity contribution in [1.29, 1.82) is 5.26 Å². The van der Waals surface area contributed by atoms with Gasteiger partial charge in [-0.3, -0.25) is 4.68 Å². The smallest absolute Gasteiger partial charge is 0.136 e. The molecule has 3 N–H and O–H groups in total. The molecule has 1 aliphatic heterocycles. The highest BCUT2D eigenvalue weighted by molar-refractivity contribution is 5.80. The molecule has 1 atom stereocenters. The topological polar surface area (TPSA) is 118 Å². The third kappa shape index (κ3) is 5.01. The van der Waals surface area contributed by atoms with Gasteiger partial charge in [-0.2, -0.15) is 10.4 Å². The SMILES string of the molecule is CCn1cc(-c2cnc(Nc3ccc(C#N)c(-c4c(F)cccc4OC)n3)cc2N2CCC[C@H](N)C2)cn1. The number of benzene rings is 1. The molecule has 4 aromatic rings. The first-order chi connectivity index (χ1) is 18.5. The zero-order valence-electron chi connectivity index (χ0n) is 21.4. The van der Waals surface area contributed by atoms with Gasteiger partial charge in [0, 0.05) is 61.0 Å². The molecule has 38 heavy (non-hydrogen) atoms. The van der Waals surface area contributed by atoms with Gasteiger partial charge in [-0.25, -0.2) is 14.4 Å². The molecule has 0 aliphatic carbocycles. The van der Waals surface area contributed by atoms with E-state index in [1.807, 2.05) is 36.3 Å². The molecule has 5 rings (SSSR count). The average Bonchev–Trinajstić information content (AvgIpc) is 3.42. The molecule has 194 valence electrons. The van der Waals surface area contributed by atoms with Gasteiger partial charge in [0.15, 0.2) is 0 Å². The fourth-order valence-corrected chi connectivity index (χ4v) is 4.75. The summed E-state index contributed by atoms with van der Waals surface area (Å²) in [5.41, 5.74) is 9.81. The van der Waals surface area contributed by atoms with Crippen LogP contribution in [-0.2, 0) is 6.54 Å². The molecule has 1 aliphatic rings. The van der Waals surface area contributed by atoms with Crippen LogP contribution in [0.25, 0.3) is 22.4 Å². The molecule has 0 amide bonds. The van der Waals surface area contributed by atoms with E-state index in [4.69, 9.17) is 10.5 Å². The van der Waals surface area contributed by atoms with Crippen molar-refractivity contribution in [3.8, 4) is 34.2 Å². The van der Waals surface area contributed by atoms with Gasteiger partial charge in [0.25, 0.3) is 0 Å². The van der Waals surface area contributed by atoms with E-state index in [0.29, 0.717) is 17.4 Å². The first-order valence-electron chi connectivity index (χ1n) is 12.5. The number of piperidine rings is 1. The molecule has 1 saturated heterocycles. The minimum Gasteiger partial charge on any atom is -0.496 e. The summed E-state index contributed by atoms with van der Waals surface area (Å²) >= 11 is 0. The summed E-state index contributed by atoms with van der Waals surface area (Å²) in [6, 6.07) is 11.9. The van der Waals surface area contributed by atoms with E-state index in [9.17, 15) is 9.65 Å². The van der Waals surface area contributed by atoms with Crippen LogP contribution in [0.2, 0.25) is 0 Å². The lowest BCUT2D eigenvalue weighted by molar-refractivity contribution is 0.413. The van der Waals surface area contributed by atoms with Crippen LogP contribution in [-0.4, -0.2) is 46.0 Å². The van der Waals surface area contributed by atoms with Gasteiger partial charge < -0.3 is 20.7 Å². The number of anilines is 3. The van der Waals surface area contributed by atoms with Gasteiger partial charge in [0.1, 0.15) is 29.3 Å². The second-order valence-electron chi connectivity index (χ2n) is 9.17. The Kier molecular flexibility index (Phi) is 7.20. The molecule has 0 spiro atoms. The van der Waals surface area contributed by atoms with E-state index in [0.717, 1.165) is 49.3 Å². The lowest BCUT2D eigenvalue weighted by Gasteiger charge is -2.34. The zero-order valence-corrected chi connectivity index (χ0v) is 21.4. The van der Waals surface area contributed by atoms with Crippen molar-refractivity contribution in [1.82, 2.24) is 19.7 Å². The number of aryl methyl sites for hydroxylation is 1. The van der Waals surface area contributed by atoms with E-state index in [1.54, 1.807) is 24.3 Å². The first kappa shape index (κ1) is 25.2. The highest BCUT2D eigenvalue weighted by Crippen LogP contribution is 2.36. The molecule has 1 aromatic carbocycles. The number of nitrogens with two attached hydrogens (primary N) is 1. The number of hydrogen-bond acceptors (Lipinski definition) is 8. The van der Waals surface area contributed by atoms with Crippen molar-refractivity contribution in [2.75, 3.05) is 30.4 Å². The second kappa shape index (κ2) is 10.9. The first-order valence-corrected chi connectivity index (χ1v) is 12.5. The van der Waals surface area contributed by atoms with E-state index < -0.39 is 5.82 Å². The van der Waals surface area contributed by atoms with Gasteiger partial charge >= 0.3 is 0 Å². The van der Waals surface area contributed by atoms with Crippen molar-refractivity contribution in [2.24, 2.45) is 5.73 Å². The highest BCUT2D eigenvalue weighted by Gasteiger charge is 2.22. The number of ether oxygens (including phenoxy) is 1. The average molecular weight is 513 g/mol. The monoisotopic (exact) mass is 512 g/mol. The number of halogens is 1. The Balaban J connectivity index is 1.54. The summed E-state index contributed by atoms with van der Waals surface area (Å²) in [7, 11) is 1.45. The number of nitriles is 1. The summed E-state index contributed by atoms with van der Waals surface area (Å²) in [6.45, 7) is 4.45. The summed E-state index contributed by atoms with van der Waals surface area (Å²) in [5.74, 6) is 0.758. The number of pyridine rings is 2. The van der Waals surface area contributed by atoms with Crippen molar-refractivity contribution in [3.63, 3.8) is 0 Å². The number of hydrogen-bond donors (Lipinski definition) is 2. The molecule has 0 saturated carbocycles. The van der Waals surface area contributed by atoms with Crippen LogP contribution in [0.4, 0.5) is 21.7 Å². The van der Waals surface area contributed by atoms with Gasteiger partial charge in [0.2, 0.25) is 0 Å². The van der Waals surface area contributed by atoms with Crippen LogP contribution in [0.5, 0.6) is 5.75 Å². The molecule has 0 radical (unpaired) electrons. The molecular formula is C28H29FN8O. The molecule has 3 aromatic heterocycles. The number of nitrogens with one attached hydrogen (secondary N) is 1. The van der Waals surface area contributed by atoms with Crippen molar-refractivity contribution in [2.45, 2.75) is 32.4 Å². The molecule has 4 heterocycles.